The maximum atomic E-state index is 12.3. The lowest BCUT2D eigenvalue weighted by Crippen LogP contribution is -2.55. The van der Waals surface area contributed by atoms with Crippen LogP contribution in [0.5, 0.6) is 0 Å². The van der Waals surface area contributed by atoms with Gasteiger partial charge in [0, 0.05) is 0 Å². The van der Waals surface area contributed by atoms with Gasteiger partial charge in [0.1, 0.15) is 11.5 Å². The molecule has 1 aromatic rings. The number of amides is 1. The van der Waals surface area contributed by atoms with E-state index in [9.17, 15) is 22.8 Å². The molecule has 0 aliphatic heterocycles. The van der Waals surface area contributed by atoms with E-state index in [1.807, 2.05) is 5.32 Å². The minimum absolute atomic E-state index is 0.0359. The third-order valence-corrected chi connectivity index (χ3v) is 3.08. The molecule has 19 heavy (non-hydrogen) atoms. The molecular formula is C10H10F3N3O3. The Morgan fingerprint density at radius 2 is 2.05 bits per heavy atom. The van der Waals surface area contributed by atoms with Crippen molar-refractivity contribution in [2.75, 3.05) is 0 Å². The molecule has 0 spiro atoms. The van der Waals surface area contributed by atoms with Gasteiger partial charge in [0.15, 0.2) is 0 Å². The number of alkyl halides is 3. The molecule has 104 valence electrons. The molecule has 9 heteroatoms. The molecule has 0 saturated heterocycles. The van der Waals surface area contributed by atoms with Crippen LogP contribution in [0.3, 0.4) is 0 Å². The van der Waals surface area contributed by atoms with Gasteiger partial charge in [-0.05, 0) is 19.3 Å². The van der Waals surface area contributed by atoms with E-state index in [0.717, 1.165) is 6.20 Å². The number of carbonyl (C=O) groups is 2. The average molecular weight is 277 g/mol. The Bertz CT molecular complexity index is 520. The number of carboxylic acid groups (broad SMARTS) is 1. The highest BCUT2D eigenvalue weighted by Gasteiger charge is 2.49. The molecule has 1 fully saturated rings. The lowest BCUT2D eigenvalue weighted by Gasteiger charge is -2.40. The van der Waals surface area contributed by atoms with E-state index in [1.54, 1.807) is 0 Å². The molecule has 6 nitrogen and oxygen atoms in total. The topological polar surface area (TPSA) is 95.1 Å². The highest BCUT2D eigenvalue weighted by Crippen LogP contribution is 2.40. The molecule has 2 rings (SSSR count). The van der Waals surface area contributed by atoms with Crippen LogP contribution in [0.25, 0.3) is 0 Å². The standard InChI is InChI=1S/C10H10F3N3O3/c11-10(12,13)8(19)16-9(2-1-3-9)7-14-4-5(15-7)6(17)18/h4H,1-3H2,(H,14,15)(H,16,19)(H,17,18). The van der Waals surface area contributed by atoms with E-state index in [-0.39, 0.29) is 24.4 Å². The van der Waals surface area contributed by atoms with E-state index in [0.29, 0.717) is 6.42 Å². The number of imidazole rings is 1. The summed E-state index contributed by atoms with van der Waals surface area (Å²) >= 11 is 0. The number of halogens is 3. The predicted octanol–water partition coefficient (Wildman–Crippen LogP) is 1.17. The lowest BCUT2D eigenvalue weighted by atomic mass is 9.76. The summed E-state index contributed by atoms with van der Waals surface area (Å²) < 4.78 is 36.8. The van der Waals surface area contributed by atoms with Gasteiger partial charge in [-0.25, -0.2) is 9.78 Å². The summed E-state index contributed by atoms with van der Waals surface area (Å²) in [4.78, 5) is 27.9. The summed E-state index contributed by atoms with van der Waals surface area (Å²) in [5.41, 5.74) is -1.48. The molecule has 0 aromatic carbocycles. The molecule has 1 aliphatic rings. The molecular weight excluding hydrogens is 267 g/mol. The van der Waals surface area contributed by atoms with Crippen LogP contribution in [0.4, 0.5) is 13.2 Å². The zero-order valence-corrected chi connectivity index (χ0v) is 9.54. The fraction of sp³-hybridized carbons (Fsp3) is 0.500. The van der Waals surface area contributed by atoms with Crippen LogP contribution < -0.4 is 5.32 Å². The molecule has 0 unspecified atom stereocenters. The van der Waals surface area contributed by atoms with Gasteiger partial charge < -0.3 is 15.4 Å². The van der Waals surface area contributed by atoms with E-state index in [2.05, 4.69) is 9.97 Å². The summed E-state index contributed by atoms with van der Waals surface area (Å²) in [6, 6.07) is 0. The summed E-state index contributed by atoms with van der Waals surface area (Å²) in [5, 5.41) is 10.6. The van der Waals surface area contributed by atoms with Crippen LogP contribution in [-0.4, -0.2) is 33.1 Å². The number of rotatable bonds is 3. The zero-order valence-electron chi connectivity index (χ0n) is 9.54. The van der Waals surface area contributed by atoms with E-state index in [1.165, 1.54) is 0 Å². The molecule has 3 N–H and O–H groups in total. The minimum Gasteiger partial charge on any atom is -0.477 e. The number of hydrogen-bond donors (Lipinski definition) is 3. The molecule has 1 heterocycles. The van der Waals surface area contributed by atoms with Gasteiger partial charge in [0.05, 0.1) is 11.7 Å². The molecule has 1 aromatic heterocycles. The van der Waals surface area contributed by atoms with Crippen LogP contribution >= 0.6 is 0 Å². The van der Waals surface area contributed by atoms with E-state index < -0.39 is 23.6 Å². The Morgan fingerprint density at radius 3 is 2.42 bits per heavy atom. The lowest BCUT2D eigenvalue weighted by molar-refractivity contribution is -0.177. The Balaban J connectivity index is 2.22. The van der Waals surface area contributed by atoms with Crippen LogP contribution in [0, 0.1) is 0 Å². The van der Waals surface area contributed by atoms with Gasteiger partial charge in [0.2, 0.25) is 0 Å². The second-order valence-corrected chi connectivity index (χ2v) is 4.34. The first kappa shape index (κ1) is 13.4. The second-order valence-electron chi connectivity index (χ2n) is 4.34. The van der Waals surface area contributed by atoms with Gasteiger partial charge >= 0.3 is 18.1 Å². The van der Waals surface area contributed by atoms with Crippen molar-refractivity contribution in [3.8, 4) is 0 Å². The van der Waals surface area contributed by atoms with Crippen LogP contribution in [0.2, 0.25) is 0 Å². The first-order valence-corrected chi connectivity index (χ1v) is 5.43. The smallest absolute Gasteiger partial charge is 0.471 e. The van der Waals surface area contributed by atoms with Gasteiger partial charge in [-0.1, -0.05) is 0 Å². The van der Waals surface area contributed by atoms with Crippen molar-refractivity contribution in [1.82, 2.24) is 15.3 Å². The number of aromatic carboxylic acids is 1. The summed E-state index contributed by atoms with van der Waals surface area (Å²) in [5.74, 6) is -3.29. The van der Waals surface area contributed by atoms with Crippen molar-refractivity contribution in [3.63, 3.8) is 0 Å². The van der Waals surface area contributed by atoms with Crippen molar-refractivity contribution in [1.29, 1.82) is 0 Å². The first-order chi connectivity index (χ1) is 8.74. The van der Waals surface area contributed by atoms with Crippen molar-refractivity contribution >= 4 is 11.9 Å². The van der Waals surface area contributed by atoms with Crippen LogP contribution in [0.15, 0.2) is 6.20 Å². The molecule has 1 amide bonds. The first-order valence-electron chi connectivity index (χ1n) is 5.43. The second kappa shape index (κ2) is 4.25. The largest absolute Gasteiger partial charge is 0.477 e. The summed E-state index contributed by atoms with van der Waals surface area (Å²) in [7, 11) is 0. The maximum Gasteiger partial charge on any atom is 0.471 e. The Hall–Kier alpha value is -2.06. The minimum atomic E-state index is -4.98. The fourth-order valence-electron chi connectivity index (χ4n) is 1.91. The normalized spacial score (nSPS) is 17.6. The van der Waals surface area contributed by atoms with Crippen molar-refractivity contribution in [2.24, 2.45) is 0 Å². The number of carbonyl (C=O) groups excluding carboxylic acids is 1. The number of hydrogen-bond acceptors (Lipinski definition) is 3. The Labute approximate surface area is 105 Å². The third-order valence-electron chi connectivity index (χ3n) is 3.08. The Morgan fingerprint density at radius 1 is 1.42 bits per heavy atom. The monoisotopic (exact) mass is 277 g/mol. The van der Waals surface area contributed by atoms with Crippen molar-refractivity contribution in [2.45, 2.75) is 31.0 Å². The quantitative estimate of drug-likeness (QED) is 0.772. The Kier molecular flexibility index (Phi) is 2.99. The highest BCUT2D eigenvalue weighted by molar-refractivity contribution is 5.85. The van der Waals surface area contributed by atoms with Crippen molar-refractivity contribution in [3.05, 3.63) is 17.7 Å². The van der Waals surface area contributed by atoms with Gasteiger partial charge in [-0.2, -0.15) is 13.2 Å². The van der Waals surface area contributed by atoms with E-state index in [4.69, 9.17) is 5.11 Å². The molecule has 0 atom stereocenters. The zero-order chi connectivity index (χ0) is 14.3. The molecule has 1 saturated carbocycles. The maximum absolute atomic E-state index is 12.3. The van der Waals surface area contributed by atoms with Gasteiger partial charge in [-0.3, -0.25) is 4.79 Å². The number of aromatic amines is 1. The number of carboxylic acids is 1. The van der Waals surface area contributed by atoms with E-state index >= 15 is 0 Å². The number of nitrogens with zero attached hydrogens (tertiary/aromatic N) is 1. The molecule has 1 aliphatic carbocycles. The third kappa shape index (κ3) is 2.40. The average Bonchev–Trinajstić information content (AvgIpc) is 2.70. The van der Waals surface area contributed by atoms with Crippen LogP contribution in [0.1, 0.15) is 35.6 Å². The summed E-state index contributed by atoms with van der Waals surface area (Å²) in [6.07, 6.45) is -2.79. The van der Waals surface area contributed by atoms with Gasteiger partial charge in [0.25, 0.3) is 0 Å². The van der Waals surface area contributed by atoms with Crippen molar-refractivity contribution < 1.29 is 27.9 Å². The molecule has 0 bridgehead atoms. The summed E-state index contributed by atoms with van der Waals surface area (Å²) in [6.45, 7) is 0. The number of H-pyrrole nitrogens is 1. The molecule has 0 radical (unpaired) electrons. The SMILES string of the molecule is O=C(O)c1cnc(C2(NC(=O)C(F)(F)F)CCC2)[nH]1. The predicted molar refractivity (Wildman–Crippen MR) is 55.3 cm³/mol. The highest BCUT2D eigenvalue weighted by atomic mass is 19.4. The van der Waals surface area contributed by atoms with Crippen LogP contribution in [-0.2, 0) is 10.3 Å². The number of nitrogens with one attached hydrogen (secondary N) is 2. The number of aromatic nitrogens is 2. The van der Waals surface area contributed by atoms with Gasteiger partial charge in [-0.15, -0.1) is 0 Å². The fourth-order valence-corrected chi connectivity index (χ4v) is 1.91.